The zero-order valence-electron chi connectivity index (χ0n) is 11.2. The maximum Gasteiger partial charge on any atom is 0.254 e. The quantitative estimate of drug-likeness (QED) is 0.756. The number of aliphatic hydroxyl groups is 1. The van der Waals surface area contributed by atoms with E-state index in [4.69, 9.17) is 0 Å². The van der Waals surface area contributed by atoms with Gasteiger partial charge in [-0.15, -0.1) is 0 Å². The Labute approximate surface area is 102 Å². The van der Waals surface area contributed by atoms with Crippen LogP contribution in [0.15, 0.2) is 12.2 Å². The molecule has 1 heterocycles. The molecule has 0 aromatic heterocycles. The average molecular weight is 239 g/mol. The molecule has 1 aliphatic rings. The third-order valence-corrected chi connectivity index (χ3v) is 3.43. The van der Waals surface area contributed by atoms with Crippen molar-refractivity contribution in [2.24, 2.45) is 5.41 Å². The van der Waals surface area contributed by atoms with Crippen molar-refractivity contribution in [3.63, 3.8) is 0 Å². The van der Waals surface area contributed by atoms with E-state index in [-0.39, 0.29) is 17.2 Å². The SMILES string of the molecule is CC(O)C(C)(C)CC(C)(C)N1C(=O)C=CC1=O. The van der Waals surface area contributed by atoms with Crippen molar-refractivity contribution in [1.29, 1.82) is 0 Å². The van der Waals surface area contributed by atoms with E-state index in [1.807, 2.05) is 27.7 Å². The summed E-state index contributed by atoms with van der Waals surface area (Å²) in [4.78, 5) is 24.5. The second kappa shape index (κ2) is 4.26. The molecule has 0 fully saturated rings. The van der Waals surface area contributed by atoms with Gasteiger partial charge in [0.05, 0.1) is 6.10 Å². The molecule has 1 aliphatic heterocycles. The summed E-state index contributed by atoms with van der Waals surface area (Å²) in [6.45, 7) is 9.28. The average Bonchev–Trinajstić information content (AvgIpc) is 2.44. The number of hydrogen-bond acceptors (Lipinski definition) is 3. The van der Waals surface area contributed by atoms with E-state index < -0.39 is 11.6 Å². The molecule has 0 aliphatic carbocycles. The highest BCUT2D eigenvalue weighted by atomic mass is 16.3. The Morgan fingerprint density at radius 2 is 1.59 bits per heavy atom. The topological polar surface area (TPSA) is 57.6 Å². The molecule has 4 heteroatoms. The molecular weight excluding hydrogens is 218 g/mol. The number of aliphatic hydroxyl groups excluding tert-OH is 1. The van der Waals surface area contributed by atoms with Crippen molar-refractivity contribution in [2.45, 2.75) is 52.7 Å². The van der Waals surface area contributed by atoms with Crippen molar-refractivity contribution in [3.05, 3.63) is 12.2 Å². The number of carbonyl (C=O) groups is 2. The minimum absolute atomic E-state index is 0.276. The standard InChI is InChI=1S/C13H21NO3/c1-9(15)12(2,3)8-13(4,5)14-10(16)6-7-11(14)17/h6-7,9,15H,8H2,1-5H3. The molecule has 96 valence electrons. The predicted octanol–water partition coefficient (Wildman–Crippen LogP) is 1.49. The van der Waals surface area contributed by atoms with Gasteiger partial charge in [0.25, 0.3) is 11.8 Å². The van der Waals surface area contributed by atoms with Crippen molar-refractivity contribution in [2.75, 3.05) is 0 Å². The van der Waals surface area contributed by atoms with Gasteiger partial charge in [0, 0.05) is 17.7 Å². The number of nitrogens with zero attached hydrogens (tertiary/aromatic N) is 1. The lowest BCUT2D eigenvalue weighted by atomic mass is 9.76. The Hall–Kier alpha value is -1.16. The van der Waals surface area contributed by atoms with Crippen molar-refractivity contribution in [3.8, 4) is 0 Å². The maximum atomic E-state index is 11.6. The molecule has 17 heavy (non-hydrogen) atoms. The second-order valence-corrected chi connectivity index (χ2v) is 6.00. The highest BCUT2D eigenvalue weighted by Gasteiger charge is 2.41. The Kier molecular flexibility index (Phi) is 3.48. The highest BCUT2D eigenvalue weighted by Crippen LogP contribution is 2.35. The van der Waals surface area contributed by atoms with Gasteiger partial charge in [-0.1, -0.05) is 13.8 Å². The van der Waals surface area contributed by atoms with Crippen LogP contribution < -0.4 is 0 Å². The van der Waals surface area contributed by atoms with Crippen molar-refractivity contribution < 1.29 is 14.7 Å². The first kappa shape index (κ1) is 13.9. The third-order valence-electron chi connectivity index (χ3n) is 3.43. The fraction of sp³-hybridized carbons (Fsp3) is 0.692. The molecule has 1 unspecified atom stereocenters. The Balaban J connectivity index is 2.89. The Morgan fingerprint density at radius 1 is 1.18 bits per heavy atom. The molecular formula is C13H21NO3. The lowest BCUT2D eigenvalue weighted by molar-refractivity contribution is -0.144. The fourth-order valence-electron chi connectivity index (χ4n) is 2.34. The van der Waals surface area contributed by atoms with E-state index in [1.165, 1.54) is 17.1 Å². The first-order chi connectivity index (χ1) is 7.58. The van der Waals surface area contributed by atoms with Crippen LogP contribution in [0.2, 0.25) is 0 Å². The first-order valence-corrected chi connectivity index (χ1v) is 5.82. The molecule has 1 atom stereocenters. The largest absolute Gasteiger partial charge is 0.393 e. The van der Waals surface area contributed by atoms with Gasteiger partial charge in [-0.25, -0.2) is 0 Å². The summed E-state index contributed by atoms with van der Waals surface area (Å²) >= 11 is 0. The lowest BCUT2D eigenvalue weighted by Crippen LogP contribution is -2.51. The maximum absolute atomic E-state index is 11.6. The van der Waals surface area contributed by atoms with Crippen LogP contribution in [0.1, 0.15) is 41.0 Å². The third kappa shape index (κ3) is 2.75. The summed E-state index contributed by atoms with van der Waals surface area (Å²) in [6, 6.07) is 0. The molecule has 0 saturated carbocycles. The summed E-state index contributed by atoms with van der Waals surface area (Å²) in [5.41, 5.74) is -0.954. The minimum atomic E-state index is -0.599. The highest BCUT2D eigenvalue weighted by molar-refractivity contribution is 6.13. The first-order valence-electron chi connectivity index (χ1n) is 5.82. The second-order valence-electron chi connectivity index (χ2n) is 6.00. The predicted molar refractivity (Wildman–Crippen MR) is 65.2 cm³/mol. The van der Waals surface area contributed by atoms with E-state index >= 15 is 0 Å². The van der Waals surface area contributed by atoms with E-state index in [0.29, 0.717) is 6.42 Å². The molecule has 0 saturated heterocycles. The molecule has 4 nitrogen and oxygen atoms in total. The number of hydrogen-bond donors (Lipinski definition) is 1. The van der Waals surface area contributed by atoms with Gasteiger partial charge in [-0.05, 0) is 32.6 Å². The smallest absolute Gasteiger partial charge is 0.254 e. The Bertz CT molecular complexity index is 349. The summed E-state index contributed by atoms with van der Waals surface area (Å²) in [6.07, 6.45) is 2.64. The molecule has 0 bridgehead atoms. The molecule has 0 spiro atoms. The van der Waals surface area contributed by atoms with Gasteiger partial charge >= 0.3 is 0 Å². The number of rotatable bonds is 4. The van der Waals surface area contributed by atoms with Gasteiger partial charge in [0.2, 0.25) is 0 Å². The van der Waals surface area contributed by atoms with Crippen LogP contribution in [0.4, 0.5) is 0 Å². The van der Waals surface area contributed by atoms with Crippen LogP contribution in [0, 0.1) is 5.41 Å². The zero-order valence-corrected chi connectivity index (χ0v) is 11.2. The van der Waals surface area contributed by atoms with Crippen LogP contribution in [0.25, 0.3) is 0 Å². The number of imide groups is 1. The fourth-order valence-corrected chi connectivity index (χ4v) is 2.34. The lowest BCUT2D eigenvalue weighted by Gasteiger charge is -2.41. The summed E-state index contributed by atoms with van der Waals surface area (Å²) < 4.78 is 0. The molecule has 2 amide bonds. The summed E-state index contributed by atoms with van der Waals surface area (Å²) in [5, 5.41) is 9.71. The zero-order chi connectivity index (χ0) is 13.4. The van der Waals surface area contributed by atoms with Crippen LogP contribution in [-0.2, 0) is 9.59 Å². The van der Waals surface area contributed by atoms with Gasteiger partial charge in [0.15, 0.2) is 0 Å². The van der Waals surface area contributed by atoms with E-state index in [9.17, 15) is 14.7 Å². The van der Waals surface area contributed by atoms with E-state index in [2.05, 4.69) is 0 Å². The molecule has 0 radical (unpaired) electrons. The molecule has 1 rings (SSSR count). The van der Waals surface area contributed by atoms with Crippen LogP contribution in [0.5, 0.6) is 0 Å². The molecule has 1 N–H and O–H groups in total. The monoisotopic (exact) mass is 239 g/mol. The van der Waals surface area contributed by atoms with Crippen LogP contribution in [-0.4, -0.2) is 33.5 Å². The Morgan fingerprint density at radius 3 is 1.94 bits per heavy atom. The van der Waals surface area contributed by atoms with Crippen LogP contribution in [0.3, 0.4) is 0 Å². The normalized spacial score (nSPS) is 19.1. The van der Waals surface area contributed by atoms with E-state index in [1.54, 1.807) is 6.92 Å². The van der Waals surface area contributed by atoms with Crippen molar-refractivity contribution >= 4 is 11.8 Å². The van der Waals surface area contributed by atoms with Gasteiger partial charge in [-0.2, -0.15) is 0 Å². The van der Waals surface area contributed by atoms with Crippen molar-refractivity contribution in [1.82, 2.24) is 4.90 Å². The summed E-state index contributed by atoms with van der Waals surface area (Å²) in [5.74, 6) is -0.553. The van der Waals surface area contributed by atoms with Gasteiger partial charge in [-0.3, -0.25) is 14.5 Å². The molecule has 0 aromatic rings. The number of carbonyl (C=O) groups excluding carboxylic acids is 2. The summed E-state index contributed by atoms with van der Waals surface area (Å²) in [7, 11) is 0. The van der Waals surface area contributed by atoms with Gasteiger partial charge in [0.1, 0.15) is 0 Å². The van der Waals surface area contributed by atoms with Crippen LogP contribution >= 0.6 is 0 Å². The minimum Gasteiger partial charge on any atom is -0.393 e. The van der Waals surface area contributed by atoms with Gasteiger partial charge < -0.3 is 5.11 Å². The van der Waals surface area contributed by atoms with E-state index in [0.717, 1.165) is 0 Å². The number of amides is 2. The molecule has 0 aromatic carbocycles.